The molecule has 1 aliphatic heterocycles. The fraction of sp³-hybridized carbons (Fsp3) is 0.524. The molecular weight excluding hydrogens is 388 g/mol. The summed E-state index contributed by atoms with van der Waals surface area (Å²) >= 11 is 1.50. The van der Waals surface area contributed by atoms with Crippen molar-refractivity contribution in [1.82, 2.24) is 19.5 Å². The van der Waals surface area contributed by atoms with Gasteiger partial charge in [0.05, 0.1) is 24.6 Å². The van der Waals surface area contributed by atoms with Gasteiger partial charge in [-0.15, -0.1) is 5.10 Å². The van der Waals surface area contributed by atoms with E-state index in [-0.39, 0.29) is 11.9 Å². The highest BCUT2D eigenvalue weighted by atomic mass is 32.1. The smallest absolute Gasteiger partial charge is 0.230 e. The number of rotatable bonds is 6. The standard InChI is InChI=1S/C21H28N4O3S/c1-5-28-16-7-6-15(12-17(16)27-4)18(24-10-8-13(2)9-11-24)19-20(26)25-21(29-19)22-14(3)23-25/h6-7,12-13,18,26H,5,8-11H2,1-4H3. The van der Waals surface area contributed by atoms with Crippen LogP contribution in [0.25, 0.3) is 4.96 Å². The van der Waals surface area contributed by atoms with Crippen LogP contribution in [-0.4, -0.2) is 51.4 Å². The minimum Gasteiger partial charge on any atom is -0.493 e. The number of fused-ring (bicyclic) bond motifs is 1. The first-order valence-electron chi connectivity index (χ1n) is 10.1. The maximum atomic E-state index is 11.0. The quantitative estimate of drug-likeness (QED) is 0.654. The average molecular weight is 417 g/mol. The van der Waals surface area contributed by atoms with Crippen molar-refractivity contribution < 1.29 is 14.6 Å². The van der Waals surface area contributed by atoms with E-state index in [1.165, 1.54) is 11.3 Å². The minimum absolute atomic E-state index is 0.0825. The van der Waals surface area contributed by atoms with Gasteiger partial charge in [0.15, 0.2) is 11.5 Å². The zero-order valence-electron chi connectivity index (χ0n) is 17.4. The first kappa shape index (κ1) is 20.0. The summed E-state index contributed by atoms with van der Waals surface area (Å²) in [7, 11) is 1.66. The molecule has 0 radical (unpaired) electrons. The maximum Gasteiger partial charge on any atom is 0.230 e. The molecule has 1 aliphatic rings. The second-order valence-electron chi connectivity index (χ2n) is 7.61. The molecule has 1 aromatic carbocycles. The molecule has 3 aromatic rings. The van der Waals surface area contributed by atoms with Crippen molar-refractivity contribution in [2.24, 2.45) is 5.92 Å². The summed E-state index contributed by atoms with van der Waals surface area (Å²) < 4.78 is 12.8. The SMILES string of the molecule is CCOc1ccc(C(c2sc3nc(C)nn3c2O)N2CCC(C)CC2)cc1OC. The second-order valence-corrected chi connectivity index (χ2v) is 8.62. The third-order valence-corrected chi connectivity index (χ3v) is 6.61. The number of nitrogens with zero attached hydrogens (tertiary/aromatic N) is 4. The van der Waals surface area contributed by atoms with Gasteiger partial charge in [-0.05, 0) is 63.4 Å². The normalized spacial score (nSPS) is 17.0. The number of methoxy groups -OCH3 is 1. The van der Waals surface area contributed by atoms with Gasteiger partial charge in [0, 0.05) is 0 Å². The zero-order valence-corrected chi connectivity index (χ0v) is 18.2. The first-order valence-corrected chi connectivity index (χ1v) is 10.9. The Morgan fingerprint density at radius 3 is 2.69 bits per heavy atom. The fourth-order valence-electron chi connectivity index (χ4n) is 3.97. The zero-order chi connectivity index (χ0) is 20.5. The van der Waals surface area contributed by atoms with Crippen molar-refractivity contribution in [1.29, 1.82) is 0 Å². The molecule has 0 bridgehead atoms. The van der Waals surface area contributed by atoms with E-state index in [0.29, 0.717) is 23.1 Å². The molecule has 0 saturated carbocycles. The molecule has 0 spiro atoms. The number of aromatic hydroxyl groups is 1. The van der Waals surface area contributed by atoms with E-state index in [2.05, 4.69) is 28.0 Å². The Hall–Kier alpha value is -2.32. The van der Waals surface area contributed by atoms with Gasteiger partial charge in [-0.3, -0.25) is 4.90 Å². The molecule has 1 saturated heterocycles. The number of likely N-dealkylation sites (tertiary alicyclic amines) is 1. The lowest BCUT2D eigenvalue weighted by Gasteiger charge is -2.36. The predicted molar refractivity (Wildman–Crippen MR) is 113 cm³/mol. The Morgan fingerprint density at radius 1 is 1.28 bits per heavy atom. The molecule has 29 heavy (non-hydrogen) atoms. The van der Waals surface area contributed by atoms with Gasteiger partial charge in [-0.25, -0.2) is 4.98 Å². The highest BCUT2D eigenvalue weighted by Crippen LogP contribution is 2.43. The van der Waals surface area contributed by atoms with Crippen LogP contribution in [-0.2, 0) is 0 Å². The third-order valence-electron chi connectivity index (χ3n) is 5.54. The molecule has 0 aliphatic carbocycles. The van der Waals surface area contributed by atoms with Crippen LogP contribution < -0.4 is 9.47 Å². The van der Waals surface area contributed by atoms with Crippen LogP contribution in [0.3, 0.4) is 0 Å². The summed E-state index contributed by atoms with van der Waals surface area (Å²) in [5, 5.41) is 15.3. The van der Waals surface area contributed by atoms with Crippen LogP contribution >= 0.6 is 11.3 Å². The van der Waals surface area contributed by atoms with Gasteiger partial charge in [0.25, 0.3) is 0 Å². The monoisotopic (exact) mass is 416 g/mol. The first-order chi connectivity index (χ1) is 14.0. The van der Waals surface area contributed by atoms with Crippen molar-refractivity contribution in [2.75, 3.05) is 26.8 Å². The molecule has 156 valence electrons. The number of piperidine rings is 1. The van der Waals surface area contributed by atoms with E-state index in [9.17, 15) is 5.11 Å². The van der Waals surface area contributed by atoms with E-state index in [0.717, 1.165) is 48.0 Å². The van der Waals surface area contributed by atoms with E-state index < -0.39 is 0 Å². The van der Waals surface area contributed by atoms with Crippen LogP contribution in [0, 0.1) is 12.8 Å². The van der Waals surface area contributed by atoms with Crippen LogP contribution in [0.2, 0.25) is 0 Å². The van der Waals surface area contributed by atoms with Crippen molar-refractivity contribution in [3.63, 3.8) is 0 Å². The molecule has 7 nitrogen and oxygen atoms in total. The lowest BCUT2D eigenvalue weighted by molar-refractivity contribution is 0.157. The maximum absolute atomic E-state index is 11.0. The summed E-state index contributed by atoms with van der Waals surface area (Å²) in [6.07, 6.45) is 2.29. The summed E-state index contributed by atoms with van der Waals surface area (Å²) in [6, 6.07) is 5.96. The Balaban J connectivity index is 1.80. The number of aromatic nitrogens is 3. The van der Waals surface area contributed by atoms with Crippen LogP contribution in [0.15, 0.2) is 18.2 Å². The highest BCUT2D eigenvalue weighted by Gasteiger charge is 2.32. The topological polar surface area (TPSA) is 72.1 Å². The number of ether oxygens (including phenoxy) is 2. The van der Waals surface area contributed by atoms with Crippen molar-refractivity contribution in [3.8, 4) is 17.4 Å². The van der Waals surface area contributed by atoms with Gasteiger partial charge in [-0.1, -0.05) is 24.3 Å². The fourth-order valence-corrected chi connectivity index (χ4v) is 5.13. The second kappa shape index (κ2) is 8.20. The van der Waals surface area contributed by atoms with Crippen molar-refractivity contribution >= 4 is 16.3 Å². The lowest BCUT2D eigenvalue weighted by Crippen LogP contribution is -2.36. The highest BCUT2D eigenvalue weighted by molar-refractivity contribution is 7.17. The molecular formula is C21H28N4O3S. The van der Waals surface area contributed by atoms with Gasteiger partial charge < -0.3 is 14.6 Å². The molecule has 1 unspecified atom stereocenters. The number of aryl methyl sites for hydroxylation is 1. The minimum atomic E-state index is -0.0825. The molecule has 4 rings (SSSR count). The Bertz CT molecular complexity index is 991. The van der Waals surface area contributed by atoms with Gasteiger partial charge in [0.1, 0.15) is 5.82 Å². The number of hydrogen-bond donors (Lipinski definition) is 1. The van der Waals surface area contributed by atoms with Gasteiger partial charge in [-0.2, -0.15) is 4.52 Å². The summed E-state index contributed by atoms with van der Waals surface area (Å²) in [6.45, 7) is 8.63. The van der Waals surface area contributed by atoms with E-state index >= 15 is 0 Å². The Morgan fingerprint density at radius 2 is 2.03 bits per heavy atom. The van der Waals surface area contributed by atoms with Crippen LogP contribution in [0.4, 0.5) is 0 Å². The molecule has 1 N–H and O–H groups in total. The van der Waals surface area contributed by atoms with Gasteiger partial charge >= 0.3 is 0 Å². The van der Waals surface area contributed by atoms with Crippen LogP contribution in [0.1, 0.15) is 49.0 Å². The lowest BCUT2D eigenvalue weighted by atomic mass is 9.95. The van der Waals surface area contributed by atoms with Crippen molar-refractivity contribution in [3.05, 3.63) is 34.5 Å². The third kappa shape index (κ3) is 3.79. The molecule has 8 heteroatoms. The number of hydrogen-bond acceptors (Lipinski definition) is 7. The Kier molecular flexibility index (Phi) is 5.65. The molecule has 2 aromatic heterocycles. The Labute approximate surface area is 174 Å². The van der Waals surface area contributed by atoms with Crippen molar-refractivity contribution in [2.45, 2.75) is 39.7 Å². The largest absolute Gasteiger partial charge is 0.493 e. The predicted octanol–water partition coefficient (Wildman–Crippen LogP) is 4.03. The number of thiazole rings is 1. The summed E-state index contributed by atoms with van der Waals surface area (Å²) in [4.78, 5) is 8.46. The van der Waals surface area contributed by atoms with E-state index in [4.69, 9.17) is 9.47 Å². The molecule has 3 heterocycles. The summed E-state index contributed by atoms with van der Waals surface area (Å²) in [5.41, 5.74) is 1.07. The average Bonchev–Trinajstić information content (AvgIpc) is 3.22. The molecule has 1 fully saturated rings. The number of benzene rings is 1. The van der Waals surface area contributed by atoms with Crippen LogP contribution in [0.5, 0.6) is 17.4 Å². The summed E-state index contributed by atoms with van der Waals surface area (Å²) in [5.74, 6) is 2.98. The van der Waals surface area contributed by atoms with Gasteiger partial charge in [0.2, 0.25) is 10.8 Å². The molecule has 1 atom stereocenters. The van der Waals surface area contributed by atoms with E-state index in [1.54, 1.807) is 11.6 Å². The molecule has 0 amide bonds. The van der Waals surface area contributed by atoms with E-state index in [1.807, 2.05) is 26.0 Å².